The molecule has 0 aromatic carbocycles. The van der Waals surface area contributed by atoms with Crippen LogP contribution in [-0.2, 0) is 21.7 Å². The predicted octanol–water partition coefficient (Wildman–Crippen LogP) is 2.71. The first-order valence-electron chi connectivity index (χ1n) is 7.35. The van der Waals surface area contributed by atoms with Gasteiger partial charge in [-0.05, 0) is 43.6 Å². The topological polar surface area (TPSA) is 46.6 Å². The van der Waals surface area contributed by atoms with Crippen molar-refractivity contribution >= 4 is 35.0 Å². The Balaban J connectivity index is 1.74. The molecule has 1 fully saturated rings. The van der Waals surface area contributed by atoms with Crippen molar-refractivity contribution in [2.24, 2.45) is 0 Å². The van der Waals surface area contributed by atoms with Crippen LogP contribution in [0.2, 0.25) is 0 Å². The van der Waals surface area contributed by atoms with E-state index in [4.69, 9.17) is 4.74 Å². The average molecular weight is 325 g/mol. The smallest absolute Gasteiger partial charge is 0.325 e. The van der Waals surface area contributed by atoms with Crippen LogP contribution < -0.4 is 0 Å². The number of fused-ring (bicyclic) bond motifs is 1. The third-order valence-electron chi connectivity index (χ3n) is 3.69. The van der Waals surface area contributed by atoms with Gasteiger partial charge in [-0.15, -0.1) is 11.3 Å². The first kappa shape index (κ1) is 14.9. The number of amides is 1. The number of ether oxygens (including phenoxy) is 1. The second-order valence-corrected chi connectivity index (χ2v) is 7.57. The number of esters is 1. The maximum Gasteiger partial charge on any atom is 0.325 e. The molecule has 0 unspecified atom stereocenters. The van der Waals surface area contributed by atoms with Crippen LogP contribution in [-0.4, -0.2) is 41.7 Å². The summed E-state index contributed by atoms with van der Waals surface area (Å²) in [4.78, 5) is 28.2. The largest absolute Gasteiger partial charge is 0.465 e. The zero-order valence-corrected chi connectivity index (χ0v) is 13.7. The molecular formula is C15H19NO3S2. The summed E-state index contributed by atoms with van der Waals surface area (Å²) in [5, 5.41) is 0. The quantitative estimate of drug-likeness (QED) is 0.781. The van der Waals surface area contributed by atoms with E-state index in [-0.39, 0.29) is 24.5 Å². The summed E-state index contributed by atoms with van der Waals surface area (Å²) < 4.78 is 4.98. The van der Waals surface area contributed by atoms with Crippen molar-refractivity contribution in [3.63, 3.8) is 0 Å². The third-order valence-corrected chi connectivity index (χ3v) is 5.92. The van der Waals surface area contributed by atoms with E-state index < -0.39 is 0 Å². The third kappa shape index (κ3) is 3.43. The molecule has 21 heavy (non-hydrogen) atoms. The van der Waals surface area contributed by atoms with Crippen molar-refractivity contribution in [1.29, 1.82) is 0 Å². The summed E-state index contributed by atoms with van der Waals surface area (Å²) in [6, 6.07) is 2.24. The molecule has 1 aliphatic carbocycles. The Morgan fingerprint density at radius 1 is 1.43 bits per heavy atom. The van der Waals surface area contributed by atoms with Gasteiger partial charge in [-0.25, -0.2) is 0 Å². The van der Waals surface area contributed by atoms with Crippen LogP contribution in [0, 0.1) is 0 Å². The van der Waals surface area contributed by atoms with Crippen LogP contribution >= 0.6 is 23.1 Å². The van der Waals surface area contributed by atoms with E-state index in [0.717, 1.165) is 35.6 Å². The lowest BCUT2D eigenvalue weighted by molar-refractivity contribution is -0.143. The van der Waals surface area contributed by atoms with Gasteiger partial charge >= 0.3 is 5.97 Å². The number of nitrogens with zero attached hydrogens (tertiary/aromatic N) is 1. The van der Waals surface area contributed by atoms with Gasteiger partial charge in [-0.3, -0.25) is 9.59 Å². The molecule has 0 spiro atoms. The van der Waals surface area contributed by atoms with Gasteiger partial charge in [0, 0.05) is 16.7 Å². The zero-order valence-electron chi connectivity index (χ0n) is 12.1. The molecule has 1 amide bonds. The summed E-state index contributed by atoms with van der Waals surface area (Å²) >= 11 is 3.52. The molecule has 4 nitrogen and oxygen atoms in total. The molecular weight excluding hydrogens is 306 g/mol. The fourth-order valence-corrected chi connectivity index (χ4v) is 4.82. The normalized spacial score (nSPS) is 17.2. The van der Waals surface area contributed by atoms with E-state index >= 15 is 0 Å². The molecule has 0 bridgehead atoms. The Kier molecular flexibility index (Phi) is 4.54. The van der Waals surface area contributed by atoms with Crippen molar-refractivity contribution in [1.82, 2.24) is 4.90 Å². The summed E-state index contributed by atoms with van der Waals surface area (Å²) in [5.41, 5.74) is 1.30. The van der Waals surface area contributed by atoms with E-state index in [2.05, 4.69) is 0 Å². The fraction of sp³-hybridized carbons (Fsp3) is 0.600. The number of thiophene rings is 1. The highest BCUT2D eigenvalue weighted by Crippen LogP contribution is 2.34. The Labute approximate surface area is 132 Å². The van der Waals surface area contributed by atoms with E-state index in [1.54, 1.807) is 23.2 Å². The molecule has 2 heterocycles. The first-order valence-corrected chi connectivity index (χ1v) is 9.32. The lowest BCUT2D eigenvalue weighted by atomic mass is 10.2. The van der Waals surface area contributed by atoms with E-state index in [1.807, 2.05) is 17.8 Å². The number of rotatable bonds is 5. The maximum absolute atomic E-state index is 12.7. The summed E-state index contributed by atoms with van der Waals surface area (Å²) in [6.07, 6.45) is 3.04. The molecule has 6 heteroatoms. The fourth-order valence-electron chi connectivity index (χ4n) is 2.49. The Morgan fingerprint density at radius 2 is 2.24 bits per heavy atom. The van der Waals surface area contributed by atoms with Crippen molar-refractivity contribution in [2.45, 2.75) is 38.0 Å². The van der Waals surface area contributed by atoms with E-state index in [9.17, 15) is 9.59 Å². The molecule has 114 valence electrons. The van der Waals surface area contributed by atoms with Gasteiger partial charge in [0.05, 0.1) is 11.5 Å². The molecule has 0 saturated heterocycles. The standard InChI is InChI=1S/C15H19NO3S2/c1-2-19-14(17)8-16(11-3-4-11)15(18)13-7-10-9-20-6-5-12(10)21-13/h7,11H,2-6,8-9H2,1H3. The van der Waals surface area contributed by atoms with Gasteiger partial charge in [0.1, 0.15) is 6.54 Å². The van der Waals surface area contributed by atoms with E-state index in [1.165, 1.54) is 10.4 Å². The first-order chi connectivity index (χ1) is 10.2. The van der Waals surface area contributed by atoms with Crippen LogP contribution in [0.3, 0.4) is 0 Å². The number of carbonyl (C=O) groups excluding carboxylic acids is 2. The van der Waals surface area contributed by atoms with Gasteiger partial charge in [0.15, 0.2) is 0 Å². The predicted molar refractivity (Wildman–Crippen MR) is 84.9 cm³/mol. The zero-order chi connectivity index (χ0) is 14.8. The highest BCUT2D eigenvalue weighted by atomic mass is 32.2. The molecule has 0 atom stereocenters. The molecule has 0 radical (unpaired) electrons. The van der Waals surface area contributed by atoms with Crippen molar-refractivity contribution < 1.29 is 14.3 Å². The van der Waals surface area contributed by atoms with Crippen LogP contribution in [0.1, 0.15) is 39.9 Å². The van der Waals surface area contributed by atoms with Gasteiger partial charge < -0.3 is 9.64 Å². The van der Waals surface area contributed by atoms with Crippen LogP contribution in [0.25, 0.3) is 0 Å². The molecule has 3 rings (SSSR count). The highest BCUT2D eigenvalue weighted by Gasteiger charge is 2.35. The minimum atomic E-state index is -0.311. The number of hydrogen-bond donors (Lipinski definition) is 0. The molecule has 2 aliphatic rings. The Hall–Kier alpha value is -1.01. The van der Waals surface area contributed by atoms with Gasteiger partial charge in [0.25, 0.3) is 5.91 Å². The van der Waals surface area contributed by atoms with E-state index in [0.29, 0.717) is 6.61 Å². The second-order valence-electron chi connectivity index (χ2n) is 5.33. The number of aryl methyl sites for hydroxylation is 1. The minimum Gasteiger partial charge on any atom is -0.465 e. The molecule has 1 saturated carbocycles. The monoisotopic (exact) mass is 325 g/mol. The Bertz CT molecular complexity index is 528. The minimum absolute atomic E-state index is 0.00467. The van der Waals surface area contributed by atoms with Gasteiger partial charge in [0.2, 0.25) is 0 Å². The van der Waals surface area contributed by atoms with Crippen LogP contribution in [0.5, 0.6) is 0 Å². The van der Waals surface area contributed by atoms with Gasteiger partial charge in [-0.1, -0.05) is 0 Å². The van der Waals surface area contributed by atoms with Crippen LogP contribution in [0.4, 0.5) is 0 Å². The molecule has 1 aromatic heterocycles. The molecule has 0 N–H and O–H groups in total. The lowest BCUT2D eigenvalue weighted by Gasteiger charge is -2.20. The van der Waals surface area contributed by atoms with Crippen molar-refractivity contribution in [3.05, 3.63) is 21.4 Å². The number of carbonyl (C=O) groups is 2. The van der Waals surface area contributed by atoms with Crippen molar-refractivity contribution in [3.8, 4) is 0 Å². The van der Waals surface area contributed by atoms with Gasteiger partial charge in [-0.2, -0.15) is 11.8 Å². The lowest BCUT2D eigenvalue weighted by Crippen LogP contribution is -2.37. The number of thioether (sulfide) groups is 1. The Morgan fingerprint density at radius 3 is 2.90 bits per heavy atom. The summed E-state index contributed by atoms with van der Waals surface area (Å²) in [7, 11) is 0. The summed E-state index contributed by atoms with van der Waals surface area (Å²) in [5.74, 6) is 1.82. The summed E-state index contributed by atoms with van der Waals surface area (Å²) in [6.45, 7) is 2.22. The molecule has 1 aromatic rings. The van der Waals surface area contributed by atoms with Crippen LogP contribution in [0.15, 0.2) is 6.07 Å². The maximum atomic E-state index is 12.7. The average Bonchev–Trinajstić information content (AvgIpc) is 3.22. The van der Waals surface area contributed by atoms with Crippen molar-refractivity contribution in [2.75, 3.05) is 18.9 Å². The SMILES string of the molecule is CCOC(=O)CN(C(=O)c1cc2c(s1)CCSC2)C1CC1. The molecule has 1 aliphatic heterocycles. The highest BCUT2D eigenvalue weighted by molar-refractivity contribution is 7.98. The number of hydrogen-bond acceptors (Lipinski definition) is 5. The second kappa shape index (κ2) is 6.40.